The highest BCUT2D eigenvalue weighted by molar-refractivity contribution is 9.10. The van der Waals surface area contributed by atoms with Gasteiger partial charge in [-0.15, -0.1) is 0 Å². The first-order valence-corrected chi connectivity index (χ1v) is 13.3. The van der Waals surface area contributed by atoms with E-state index >= 15 is 0 Å². The summed E-state index contributed by atoms with van der Waals surface area (Å²) < 4.78 is 6.58. The van der Waals surface area contributed by atoms with Crippen molar-refractivity contribution in [3.63, 3.8) is 0 Å². The molecule has 2 amide bonds. The molecule has 0 aromatic heterocycles. The van der Waals surface area contributed by atoms with E-state index in [1.807, 2.05) is 56.3 Å². The minimum atomic E-state index is -0.753. The molecule has 0 spiro atoms. The maximum absolute atomic E-state index is 13.6. The van der Waals surface area contributed by atoms with E-state index in [9.17, 15) is 9.59 Å². The molecule has 0 saturated heterocycles. The van der Waals surface area contributed by atoms with Gasteiger partial charge in [0.05, 0.1) is 5.02 Å². The Morgan fingerprint density at radius 1 is 1.00 bits per heavy atom. The van der Waals surface area contributed by atoms with E-state index in [-0.39, 0.29) is 31.0 Å². The molecule has 3 rings (SSSR count). The van der Waals surface area contributed by atoms with E-state index < -0.39 is 6.04 Å². The molecule has 0 bridgehead atoms. The Morgan fingerprint density at radius 3 is 2.39 bits per heavy atom. The first-order valence-electron chi connectivity index (χ1n) is 11.7. The average Bonchev–Trinajstić information content (AvgIpc) is 2.86. The van der Waals surface area contributed by atoms with Crippen molar-refractivity contribution < 1.29 is 14.3 Å². The van der Waals surface area contributed by atoms with Gasteiger partial charge in [-0.2, -0.15) is 0 Å². The Kier molecular flexibility index (Phi) is 10.7. The van der Waals surface area contributed by atoms with Crippen LogP contribution in [-0.4, -0.2) is 35.4 Å². The third kappa shape index (κ3) is 8.26. The van der Waals surface area contributed by atoms with Crippen molar-refractivity contribution in [2.75, 3.05) is 6.61 Å². The van der Waals surface area contributed by atoms with Gasteiger partial charge in [0.2, 0.25) is 5.91 Å². The van der Waals surface area contributed by atoms with Crippen molar-refractivity contribution in [1.82, 2.24) is 10.2 Å². The molecule has 3 aromatic carbocycles. The first kappa shape index (κ1) is 28.0. The summed E-state index contributed by atoms with van der Waals surface area (Å²) in [4.78, 5) is 28.7. The van der Waals surface area contributed by atoms with Gasteiger partial charge in [0, 0.05) is 28.5 Å². The van der Waals surface area contributed by atoms with Gasteiger partial charge in [-0.25, -0.2) is 0 Å². The summed E-state index contributed by atoms with van der Waals surface area (Å²) in [5.41, 5.74) is 1.76. The number of amides is 2. The number of benzene rings is 3. The molecule has 0 fully saturated rings. The second kappa shape index (κ2) is 13.7. The fourth-order valence-corrected chi connectivity index (χ4v) is 4.58. The molecule has 190 valence electrons. The van der Waals surface area contributed by atoms with Crippen LogP contribution in [0.2, 0.25) is 10.0 Å². The van der Waals surface area contributed by atoms with Crippen LogP contribution in [0.1, 0.15) is 31.4 Å². The van der Waals surface area contributed by atoms with E-state index in [0.29, 0.717) is 22.2 Å². The van der Waals surface area contributed by atoms with Gasteiger partial charge < -0.3 is 15.0 Å². The number of ether oxygens (including phenoxy) is 1. The van der Waals surface area contributed by atoms with Crippen LogP contribution in [0.3, 0.4) is 0 Å². The van der Waals surface area contributed by atoms with Crippen molar-refractivity contribution >= 4 is 50.9 Å². The predicted octanol–water partition coefficient (Wildman–Crippen LogP) is 6.69. The summed E-state index contributed by atoms with van der Waals surface area (Å²) >= 11 is 15.9. The van der Waals surface area contributed by atoms with E-state index in [1.165, 1.54) is 0 Å². The van der Waals surface area contributed by atoms with E-state index in [2.05, 4.69) is 21.2 Å². The molecule has 0 aliphatic carbocycles. The maximum atomic E-state index is 13.6. The summed E-state index contributed by atoms with van der Waals surface area (Å²) in [6.07, 6.45) is 1.13. The molecule has 0 aliphatic rings. The number of nitrogens with one attached hydrogen (secondary N) is 1. The predicted molar refractivity (Wildman–Crippen MR) is 148 cm³/mol. The van der Waals surface area contributed by atoms with Crippen LogP contribution < -0.4 is 10.1 Å². The molecule has 0 saturated carbocycles. The second-order valence-corrected chi connectivity index (χ2v) is 10.3. The number of carbonyl (C=O) groups is 2. The fraction of sp³-hybridized carbons (Fsp3) is 0.286. The van der Waals surface area contributed by atoms with Gasteiger partial charge >= 0.3 is 0 Å². The summed E-state index contributed by atoms with van der Waals surface area (Å²) in [6, 6.07) is 21.3. The van der Waals surface area contributed by atoms with Crippen molar-refractivity contribution in [3.05, 3.63) is 98.4 Å². The summed E-state index contributed by atoms with van der Waals surface area (Å²) in [7, 11) is 0. The molecule has 0 unspecified atom stereocenters. The van der Waals surface area contributed by atoms with Crippen molar-refractivity contribution in [2.45, 2.75) is 45.3 Å². The van der Waals surface area contributed by atoms with Gasteiger partial charge in [0.25, 0.3) is 5.91 Å². The highest BCUT2D eigenvalue weighted by Crippen LogP contribution is 2.28. The lowest BCUT2D eigenvalue weighted by Gasteiger charge is -2.32. The van der Waals surface area contributed by atoms with Gasteiger partial charge in [-0.05, 0) is 54.8 Å². The second-order valence-electron chi connectivity index (χ2n) is 8.54. The average molecular weight is 592 g/mol. The van der Waals surface area contributed by atoms with Gasteiger partial charge in [-0.3, -0.25) is 9.59 Å². The Bertz CT molecular complexity index is 1180. The normalized spacial score (nSPS) is 12.5. The fourth-order valence-electron chi connectivity index (χ4n) is 3.64. The van der Waals surface area contributed by atoms with Crippen molar-refractivity contribution in [1.29, 1.82) is 0 Å². The largest absolute Gasteiger partial charge is 0.482 e. The van der Waals surface area contributed by atoms with Crippen LogP contribution in [0.15, 0.2) is 77.3 Å². The molecule has 3 aromatic rings. The quantitative estimate of drug-likeness (QED) is 0.270. The standard InChI is InChI=1S/C28H29BrCl2N2O3/c1-3-19(2)32-28(35)25(15-20-8-5-4-6-9-20)33(17-21-10-7-11-23(30)14-21)27(34)18-36-26-13-12-22(29)16-24(26)31/h4-14,16,19,25H,3,15,17-18H2,1-2H3,(H,32,35)/t19-,25-/m0/s1. The lowest BCUT2D eigenvalue weighted by atomic mass is 10.0. The van der Waals surface area contributed by atoms with Crippen LogP contribution in [0.5, 0.6) is 5.75 Å². The Balaban J connectivity index is 1.92. The number of carbonyl (C=O) groups excluding carboxylic acids is 2. The molecule has 0 radical (unpaired) electrons. The number of rotatable bonds is 11. The number of nitrogens with zero attached hydrogens (tertiary/aromatic N) is 1. The zero-order valence-electron chi connectivity index (χ0n) is 20.2. The topological polar surface area (TPSA) is 58.6 Å². The minimum absolute atomic E-state index is 0.0308. The molecule has 0 heterocycles. The third-order valence-electron chi connectivity index (χ3n) is 5.76. The van der Waals surface area contributed by atoms with Crippen LogP contribution in [0.25, 0.3) is 0 Å². The van der Waals surface area contributed by atoms with Gasteiger partial charge in [-0.1, -0.05) is 88.5 Å². The van der Waals surface area contributed by atoms with Crippen LogP contribution >= 0.6 is 39.1 Å². The zero-order valence-corrected chi connectivity index (χ0v) is 23.3. The molecule has 2 atom stereocenters. The Hall–Kier alpha value is -2.54. The highest BCUT2D eigenvalue weighted by atomic mass is 79.9. The molecule has 36 heavy (non-hydrogen) atoms. The van der Waals surface area contributed by atoms with Crippen LogP contribution in [-0.2, 0) is 22.6 Å². The molecule has 5 nitrogen and oxygen atoms in total. The monoisotopic (exact) mass is 590 g/mol. The molecular formula is C28H29BrCl2N2O3. The van der Waals surface area contributed by atoms with Crippen LogP contribution in [0, 0.1) is 0 Å². The van der Waals surface area contributed by atoms with Crippen LogP contribution in [0.4, 0.5) is 0 Å². The van der Waals surface area contributed by atoms with Gasteiger partial charge in [0.15, 0.2) is 6.61 Å². The number of hydrogen-bond donors (Lipinski definition) is 1. The molecule has 8 heteroatoms. The molecule has 1 N–H and O–H groups in total. The number of halogens is 3. The third-order valence-corrected chi connectivity index (χ3v) is 6.78. The smallest absolute Gasteiger partial charge is 0.261 e. The number of hydrogen-bond acceptors (Lipinski definition) is 3. The summed E-state index contributed by atoms with van der Waals surface area (Å²) in [5.74, 6) is -0.168. The lowest BCUT2D eigenvalue weighted by molar-refractivity contribution is -0.143. The van der Waals surface area contributed by atoms with E-state index in [0.717, 1.165) is 22.0 Å². The summed E-state index contributed by atoms with van der Waals surface area (Å²) in [5, 5.41) is 3.99. The lowest BCUT2D eigenvalue weighted by Crippen LogP contribution is -2.53. The highest BCUT2D eigenvalue weighted by Gasteiger charge is 2.31. The van der Waals surface area contributed by atoms with E-state index in [4.69, 9.17) is 27.9 Å². The Morgan fingerprint density at radius 2 is 1.72 bits per heavy atom. The molecule has 0 aliphatic heterocycles. The SMILES string of the molecule is CC[C@H](C)NC(=O)[C@H](Cc1ccccc1)N(Cc1cccc(Cl)c1)C(=O)COc1ccc(Br)cc1Cl. The summed E-state index contributed by atoms with van der Waals surface area (Å²) in [6.45, 7) is 3.87. The van der Waals surface area contributed by atoms with E-state index in [1.54, 1.807) is 35.2 Å². The first-order chi connectivity index (χ1) is 17.3. The zero-order chi connectivity index (χ0) is 26.1. The van der Waals surface area contributed by atoms with Crippen molar-refractivity contribution in [3.8, 4) is 5.75 Å². The molecular weight excluding hydrogens is 563 g/mol. The maximum Gasteiger partial charge on any atom is 0.261 e. The van der Waals surface area contributed by atoms with Gasteiger partial charge in [0.1, 0.15) is 11.8 Å². The minimum Gasteiger partial charge on any atom is -0.482 e. The van der Waals surface area contributed by atoms with Crippen molar-refractivity contribution in [2.24, 2.45) is 0 Å². The Labute approximate surface area is 230 Å².